The molecule has 2 aliphatic heterocycles. The van der Waals surface area contributed by atoms with Crippen molar-refractivity contribution in [3.8, 4) is 0 Å². The number of nitrogens with one attached hydrogen (secondary N) is 1. The minimum atomic E-state index is 0.222. The van der Waals surface area contributed by atoms with Gasteiger partial charge < -0.3 is 10.2 Å². The molecule has 0 aliphatic carbocycles. The first-order valence-corrected chi connectivity index (χ1v) is 7.11. The monoisotopic (exact) mass is 238 g/mol. The van der Waals surface area contributed by atoms with Gasteiger partial charge in [0.15, 0.2) is 0 Å². The largest absolute Gasteiger partial charge is 0.342 e. The molecule has 0 aromatic carbocycles. The highest BCUT2D eigenvalue weighted by atomic mass is 16.2. The zero-order valence-corrected chi connectivity index (χ0v) is 11.5. The van der Waals surface area contributed by atoms with Crippen molar-refractivity contribution in [2.45, 2.75) is 40.0 Å². The van der Waals surface area contributed by atoms with Crippen molar-refractivity contribution in [1.82, 2.24) is 10.2 Å². The van der Waals surface area contributed by atoms with E-state index in [1.54, 1.807) is 0 Å². The normalized spacial score (nSPS) is 32.1. The van der Waals surface area contributed by atoms with Gasteiger partial charge in [-0.2, -0.15) is 0 Å². The van der Waals surface area contributed by atoms with Gasteiger partial charge in [0.05, 0.1) is 5.92 Å². The van der Waals surface area contributed by atoms with Gasteiger partial charge in [-0.25, -0.2) is 0 Å². The van der Waals surface area contributed by atoms with Crippen LogP contribution in [0.4, 0.5) is 0 Å². The quantitative estimate of drug-likeness (QED) is 0.814. The van der Waals surface area contributed by atoms with E-state index < -0.39 is 0 Å². The van der Waals surface area contributed by atoms with E-state index in [0.717, 1.165) is 26.2 Å². The molecule has 0 saturated carbocycles. The van der Waals surface area contributed by atoms with Crippen molar-refractivity contribution >= 4 is 5.91 Å². The van der Waals surface area contributed by atoms with Crippen LogP contribution >= 0.6 is 0 Å². The smallest absolute Gasteiger partial charge is 0.227 e. The summed E-state index contributed by atoms with van der Waals surface area (Å²) in [6.45, 7) is 10.5. The third-order valence-corrected chi connectivity index (χ3v) is 5.08. The maximum Gasteiger partial charge on any atom is 0.227 e. The molecule has 0 aromatic heterocycles. The van der Waals surface area contributed by atoms with E-state index in [9.17, 15) is 4.79 Å². The van der Waals surface area contributed by atoms with Gasteiger partial charge in [0.1, 0.15) is 0 Å². The summed E-state index contributed by atoms with van der Waals surface area (Å²) in [5.74, 6) is 1.12. The van der Waals surface area contributed by atoms with Crippen LogP contribution in [0.5, 0.6) is 0 Å². The molecule has 2 atom stereocenters. The van der Waals surface area contributed by atoms with Gasteiger partial charge in [0, 0.05) is 19.6 Å². The van der Waals surface area contributed by atoms with Crippen molar-refractivity contribution in [3.05, 3.63) is 0 Å². The summed E-state index contributed by atoms with van der Waals surface area (Å²) in [4.78, 5) is 14.6. The minimum Gasteiger partial charge on any atom is -0.342 e. The highest BCUT2D eigenvalue weighted by Gasteiger charge is 2.40. The van der Waals surface area contributed by atoms with E-state index in [1.807, 2.05) is 0 Å². The van der Waals surface area contributed by atoms with Crippen molar-refractivity contribution in [2.24, 2.45) is 17.3 Å². The average Bonchev–Trinajstić information content (AvgIpc) is 2.95. The van der Waals surface area contributed by atoms with Crippen molar-refractivity contribution in [3.63, 3.8) is 0 Å². The third kappa shape index (κ3) is 2.35. The second-order valence-corrected chi connectivity index (χ2v) is 5.96. The van der Waals surface area contributed by atoms with E-state index in [4.69, 9.17) is 0 Å². The van der Waals surface area contributed by atoms with Crippen LogP contribution in [0.2, 0.25) is 0 Å². The van der Waals surface area contributed by atoms with Crippen LogP contribution in [0.3, 0.4) is 0 Å². The number of likely N-dealkylation sites (tertiary alicyclic amines) is 1. The number of nitrogens with zero attached hydrogens (tertiary/aromatic N) is 1. The van der Waals surface area contributed by atoms with Gasteiger partial charge in [-0.15, -0.1) is 0 Å². The lowest BCUT2D eigenvalue weighted by molar-refractivity contribution is -0.135. The summed E-state index contributed by atoms with van der Waals surface area (Å²) in [6, 6.07) is 0. The molecule has 17 heavy (non-hydrogen) atoms. The summed E-state index contributed by atoms with van der Waals surface area (Å²) in [7, 11) is 0. The fourth-order valence-electron chi connectivity index (χ4n) is 3.33. The Bertz CT molecular complexity index is 286. The van der Waals surface area contributed by atoms with Crippen LogP contribution in [0.15, 0.2) is 0 Å². The predicted octanol–water partition coefficient (Wildman–Crippen LogP) is 1.88. The second-order valence-electron chi connectivity index (χ2n) is 5.96. The number of carbonyl (C=O) groups excluding carboxylic acids is 1. The molecule has 2 heterocycles. The van der Waals surface area contributed by atoms with Gasteiger partial charge in [-0.1, -0.05) is 20.8 Å². The zero-order valence-electron chi connectivity index (χ0n) is 11.5. The predicted molar refractivity (Wildman–Crippen MR) is 69.7 cm³/mol. The topological polar surface area (TPSA) is 32.3 Å². The summed E-state index contributed by atoms with van der Waals surface area (Å²) >= 11 is 0. The highest BCUT2D eigenvalue weighted by molar-refractivity contribution is 5.80. The molecular formula is C14H26N2O. The van der Waals surface area contributed by atoms with Gasteiger partial charge >= 0.3 is 0 Å². The van der Waals surface area contributed by atoms with E-state index in [0.29, 0.717) is 17.2 Å². The summed E-state index contributed by atoms with van der Waals surface area (Å²) < 4.78 is 0. The highest BCUT2D eigenvalue weighted by Crippen LogP contribution is 2.38. The lowest BCUT2D eigenvalue weighted by Gasteiger charge is -2.28. The number of carbonyl (C=O) groups is 1. The van der Waals surface area contributed by atoms with Crippen LogP contribution in [0.1, 0.15) is 40.0 Å². The molecule has 3 heteroatoms. The van der Waals surface area contributed by atoms with E-state index in [1.165, 1.54) is 19.3 Å². The van der Waals surface area contributed by atoms with E-state index in [-0.39, 0.29) is 5.92 Å². The molecule has 2 fully saturated rings. The molecule has 2 saturated heterocycles. The number of rotatable bonds is 3. The Hall–Kier alpha value is -0.570. The summed E-state index contributed by atoms with van der Waals surface area (Å²) in [6.07, 6.45) is 3.60. The molecule has 0 unspecified atom stereocenters. The Morgan fingerprint density at radius 2 is 2.06 bits per heavy atom. The average molecular weight is 238 g/mol. The Labute approximate surface area is 105 Å². The molecule has 1 N–H and O–H groups in total. The first-order valence-electron chi connectivity index (χ1n) is 7.11. The lowest BCUT2D eigenvalue weighted by Crippen LogP contribution is -2.38. The molecule has 0 aromatic rings. The molecular weight excluding hydrogens is 212 g/mol. The maximum absolute atomic E-state index is 12.5. The fraction of sp³-hybridized carbons (Fsp3) is 0.929. The van der Waals surface area contributed by atoms with Gasteiger partial charge in [0.2, 0.25) is 5.91 Å². The number of hydrogen-bond acceptors (Lipinski definition) is 2. The minimum absolute atomic E-state index is 0.222. The van der Waals surface area contributed by atoms with Crippen LogP contribution in [0.25, 0.3) is 0 Å². The molecule has 0 spiro atoms. The van der Waals surface area contributed by atoms with Crippen molar-refractivity contribution in [2.75, 3.05) is 26.2 Å². The van der Waals surface area contributed by atoms with Gasteiger partial charge in [-0.3, -0.25) is 4.79 Å². The Kier molecular flexibility index (Phi) is 3.76. The zero-order chi connectivity index (χ0) is 12.5. The van der Waals surface area contributed by atoms with E-state index in [2.05, 4.69) is 31.0 Å². The lowest BCUT2D eigenvalue weighted by atomic mass is 9.82. The van der Waals surface area contributed by atoms with Crippen LogP contribution in [0, 0.1) is 17.3 Å². The molecule has 0 radical (unpaired) electrons. The number of amides is 1. The fourth-order valence-corrected chi connectivity index (χ4v) is 3.33. The third-order valence-electron chi connectivity index (χ3n) is 5.08. The summed E-state index contributed by atoms with van der Waals surface area (Å²) in [5.41, 5.74) is 0.408. The molecule has 98 valence electrons. The van der Waals surface area contributed by atoms with E-state index >= 15 is 0 Å². The Morgan fingerprint density at radius 1 is 1.35 bits per heavy atom. The standard InChI is InChI=1S/C14H26N2O/c1-4-14(5-2)6-7-16(10-14)13(17)12-9-15-8-11(12)3/h11-12,15H,4-10H2,1-3H3/t11-,12-/m1/s1. The SMILES string of the molecule is CCC1(CC)CCN(C(=O)[C@@H]2CNC[C@H]2C)C1. The first-order chi connectivity index (χ1) is 8.12. The van der Waals surface area contributed by atoms with Gasteiger partial charge in [0.25, 0.3) is 0 Å². The molecule has 2 aliphatic rings. The van der Waals surface area contributed by atoms with Crippen LogP contribution in [-0.2, 0) is 4.79 Å². The van der Waals surface area contributed by atoms with Crippen LogP contribution in [-0.4, -0.2) is 37.0 Å². The van der Waals surface area contributed by atoms with Crippen molar-refractivity contribution in [1.29, 1.82) is 0 Å². The molecule has 1 amide bonds. The van der Waals surface area contributed by atoms with Gasteiger partial charge in [-0.05, 0) is 37.1 Å². The number of hydrogen-bond donors (Lipinski definition) is 1. The summed E-state index contributed by atoms with van der Waals surface area (Å²) in [5, 5.41) is 3.33. The second kappa shape index (κ2) is 4.97. The molecule has 2 rings (SSSR count). The Balaban J connectivity index is 1.98. The maximum atomic E-state index is 12.5. The Morgan fingerprint density at radius 3 is 2.53 bits per heavy atom. The molecule has 0 bridgehead atoms. The molecule has 3 nitrogen and oxygen atoms in total. The van der Waals surface area contributed by atoms with Crippen LogP contribution < -0.4 is 5.32 Å². The first kappa shape index (κ1) is 12.9. The van der Waals surface area contributed by atoms with Crippen molar-refractivity contribution < 1.29 is 4.79 Å².